The van der Waals surface area contributed by atoms with Gasteiger partial charge in [0.1, 0.15) is 0 Å². The van der Waals surface area contributed by atoms with Crippen LogP contribution in [0.5, 0.6) is 0 Å². The Bertz CT molecular complexity index is 573. The second-order valence-corrected chi connectivity index (χ2v) is 4.94. The normalized spacial score (nSPS) is 13.4. The molecule has 0 radical (unpaired) electrons. The molecule has 6 heteroatoms. The maximum atomic E-state index is 12.6. The molecule has 0 spiro atoms. The number of nitrogens with one attached hydrogen (secondary N) is 1. The maximum Gasteiger partial charge on any atom is 0.416 e. The van der Waals surface area contributed by atoms with E-state index in [0.29, 0.717) is 6.42 Å². The highest BCUT2D eigenvalue weighted by Gasteiger charge is 2.30. The van der Waals surface area contributed by atoms with Crippen molar-refractivity contribution in [3.8, 4) is 0 Å². The molecular weight excluding hydrogens is 279 g/mol. The first kappa shape index (κ1) is 15.6. The van der Waals surface area contributed by atoms with Gasteiger partial charge in [0.25, 0.3) is 0 Å². The molecular formula is C15H18F3N3. The van der Waals surface area contributed by atoms with E-state index in [1.165, 1.54) is 12.1 Å². The number of likely N-dealkylation sites (N-methyl/N-ethyl adjacent to an activating group) is 1. The van der Waals surface area contributed by atoms with Crippen molar-refractivity contribution in [3.05, 3.63) is 53.6 Å². The highest BCUT2D eigenvalue weighted by molar-refractivity contribution is 5.26. The van der Waals surface area contributed by atoms with E-state index in [-0.39, 0.29) is 6.04 Å². The monoisotopic (exact) mass is 297 g/mol. The fourth-order valence-electron chi connectivity index (χ4n) is 2.30. The average molecular weight is 297 g/mol. The van der Waals surface area contributed by atoms with E-state index in [4.69, 9.17) is 0 Å². The van der Waals surface area contributed by atoms with E-state index < -0.39 is 11.7 Å². The van der Waals surface area contributed by atoms with Crippen molar-refractivity contribution in [2.24, 2.45) is 7.05 Å². The van der Waals surface area contributed by atoms with Crippen LogP contribution >= 0.6 is 0 Å². The number of halogens is 3. The molecule has 1 unspecified atom stereocenters. The first-order chi connectivity index (χ1) is 9.91. The first-order valence-corrected chi connectivity index (χ1v) is 6.77. The lowest BCUT2D eigenvalue weighted by Crippen LogP contribution is -2.24. The Morgan fingerprint density at radius 1 is 1.24 bits per heavy atom. The van der Waals surface area contributed by atoms with Gasteiger partial charge in [-0.3, -0.25) is 0 Å². The zero-order valence-electron chi connectivity index (χ0n) is 12.0. The maximum absolute atomic E-state index is 12.6. The minimum atomic E-state index is -4.29. The van der Waals surface area contributed by atoms with Gasteiger partial charge in [0.05, 0.1) is 23.6 Å². The molecule has 3 nitrogen and oxygen atoms in total. The van der Waals surface area contributed by atoms with Crippen molar-refractivity contribution in [3.63, 3.8) is 0 Å². The molecule has 0 aliphatic heterocycles. The number of nitrogens with zero attached hydrogens (tertiary/aromatic N) is 2. The quantitative estimate of drug-likeness (QED) is 0.917. The summed E-state index contributed by atoms with van der Waals surface area (Å²) in [6.45, 7) is 2.77. The zero-order chi connectivity index (χ0) is 15.5. The first-order valence-electron chi connectivity index (χ1n) is 6.77. The van der Waals surface area contributed by atoms with Gasteiger partial charge in [-0.1, -0.05) is 19.1 Å². The van der Waals surface area contributed by atoms with Crippen LogP contribution in [0.15, 0.2) is 36.8 Å². The highest BCUT2D eigenvalue weighted by Crippen LogP contribution is 2.29. The Labute approximate surface area is 121 Å². The van der Waals surface area contributed by atoms with E-state index in [1.54, 1.807) is 12.5 Å². The van der Waals surface area contributed by atoms with E-state index >= 15 is 0 Å². The van der Waals surface area contributed by atoms with Crippen molar-refractivity contribution in [1.82, 2.24) is 14.9 Å². The zero-order valence-corrected chi connectivity index (χ0v) is 12.0. The SMILES string of the molecule is CCNC(Cc1ccc(C(F)(F)F)cc1)c1cncn1C. The van der Waals surface area contributed by atoms with Gasteiger partial charge in [-0.05, 0) is 30.7 Å². The van der Waals surface area contributed by atoms with Gasteiger partial charge in [-0.25, -0.2) is 4.98 Å². The van der Waals surface area contributed by atoms with Gasteiger partial charge < -0.3 is 9.88 Å². The van der Waals surface area contributed by atoms with Gasteiger partial charge in [0, 0.05) is 13.2 Å². The predicted octanol–water partition coefficient (Wildman–Crippen LogP) is 3.33. The third-order valence-electron chi connectivity index (χ3n) is 3.38. The van der Waals surface area contributed by atoms with Crippen LogP contribution in [0.3, 0.4) is 0 Å². The summed E-state index contributed by atoms with van der Waals surface area (Å²) in [5.74, 6) is 0. The molecule has 0 aliphatic carbocycles. The number of aryl methyl sites for hydroxylation is 1. The summed E-state index contributed by atoms with van der Waals surface area (Å²) in [6.07, 6.45) is -0.184. The fourth-order valence-corrected chi connectivity index (χ4v) is 2.30. The van der Waals surface area contributed by atoms with Crippen LogP contribution in [0, 0.1) is 0 Å². The summed E-state index contributed by atoms with van der Waals surface area (Å²) < 4.78 is 39.6. The fraction of sp³-hybridized carbons (Fsp3) is 0.400. The molecule has 2 aromatic rings. The molecule has 1 atom stereocenters. The molecule has 0 amide bonds. The smallest absolute Gasteiger partial charge is 0.336 e. The average Bonchev–Trinajstić information content (AvgIpc) is 2.84. The molecule has 1 aromatic heterocycles. The summed E-state index contributed by atoms with van der Waals surface area (Å²) in [6, 6.07) is 5.34. The molecule has 114 valence electrons. The largest absolute Gasteiger partial charge is 0.416 e. The Balaban J connectivity index is 2.16. The van der Waals surface area contributed by atoms with Gasteiger partial charge in [-0.15, -0.1) is 0 Å². The number of benzene rings is 1. The molecule has 0 bridgehead atoms. The third-order valence-corrected chi connectivity index (χ3v) is 3.38. The minimum absolute atomic E-state index is 0.0271. The third kappa shape index (κ3) is 3.85. The number of rotatable bonds is 5. The highest BCUT2D eigenvalue weighted by atomic mass is 19.4. The van der Waals surface area contributed by atoms with Gasteiger partial charge >= 0.3 is 6.18 Å². The summed E-state index contributed by atoms with van der Waals surface area (Å²) in [4.78, 5) is 4.09. The lowest BCUT2D eigenvalue weighted by atomic mass is 10.0. The Kier molecular flexibility index (Phi) is 4.67. The molecule has 0 fully saturated rings. The number of hydrogen-bond donors (Lipinski definition) is 1. The lowest BCUT2D eigenvalue weighted by Gasteiger charge is -2.18. The van der Waals surface area contributed by atoms with Crippen LogP contribution in [0.4, 0.5) is 13.2 Å². The van der Waals surface area contributed by atoms with Crippen LogP contribution in [-0.2, 0) is 19.6 Å². The molecule has 0 saturated carbocycles. The van der Waals surface area contributed by atoms with E-state index in [0.717, 1.165) is 29.9 Å². The van der Waals surface area contributed by atoms with Crippen LogP contribution in [0.1, 0.15) is 29.8 Å². The summed E-state index contributed by atoms with van der Waals surface area (Å²) in [7, 11) is 1.90. The number of hydrogen-bond acceptors (Lipinski definition) is 2. The standard InChI is InChI=1S/C15H18F3N3/c1-3-20-13(14-9-19-10-21(14)2)8-11-4-6-12(7-5-11)15(16,17)18/h4-7,9-10,13,20H,3,8H2,1-2H3. The molecule has 1 N–H and O–H groups in total. The Morgan fingerprint density at radius 3 is 2.38 bits per heavy atom. The lowest BCUT2D eigenvalue weighted by molar-refractivity contribution is -0.137. The molecule has 1 aromatic carbocycles. The molecule has 2 rings (SSSR count). The molecule has 0 aliphatic rings. The van der Waals surface area contributed by atoms with Gasteiger partial charge in [-0.2, -0.15) is 13.2 Å². The summed E-state index contributed by atoms with van der Waals surface area (Å²) in [5, 5.41) is 3.34. The van der Waals surface area contributed by atoms with Crippen molar-refractivity contribution in [2.75, 3.05) is 6.54 Å². The van der Waals surface area contributed by atoms with Crippen molar-refractivity contribution >= 4 is 0 Å². The van der Waals surface area contributed by atoms with Crippen LogP contribution in [0.25, 0.3) is 0 Å². The van der Waals surface area contributed by atoms with Crippen molar-refractivity contribution < 1.29 is 13.2 Å². The molecule has 0 saturated heterocycles. The summed E-state index contributed by atoms with van der Waals surface area (Å²) >= 11 is 0. The van der Waals surface area contributed by atoms with Crippen LogP contribution in [0.2, 0.25) is 0 Å². The van der Waals surface area contributed by atoms with Crippen molar-refractivity contribution in [1.29, 1.82) is 0 Å². The van der Waals surface area contributed by atoms with Gasteiger partial charge in [0.15, 0.2) is 0 Å². The number of alkyl halides is 3. The number of aromatic nitrogens is 2. The van der Waals surface area contributed by atoms with Crippen LogP contribution in [-0.4, -0.2) is 16.1 Å². The van der Waals surface area contributed by atoms with E-state index in [9.17, 15) is 13.2 Å². The van der Waals surface area contributed by atoms with Gasteiger partial charge in [0.2, 0.25) is 0 Å². The van der Waals surface area contributed by atoms with E-state index in [1.807, 2.05) is 18.5 Å². The van der Waals surface area contributed by atoms with Crippen molar-refractivity contribution in [2.45, 2.75) is 25.6 Å². The molecule has 1 heterocycles. The number of imidazole rings is 1. The van der Waals surface area contributed by atoms with Crippen LogP contribution < -0.4 is 5.32 Å². The predicted molar refractivity (Wildman–Crippen MR) is 74.8 cm³/mol. The Morgan fingerprint density at radius 2 is 1.90 bits per heavy atom. The second kappa shape index (κ2) is 6.30. The van der Waals surface area contributed by atoms with E-state index in [2.05, 4.69) is 10.3 Å². The Hall–Kier alpha value is -1.82. The summed E-state index contributed by atoms with van der Waals surface area (Å²) in [5.41, 5.74) is 1.25. The topological polar surface area (TPSA) is 29.9 Å². The second-order valence-electron chi connectivity index (χ2n) is 4.94. The molecule has 21 heavy (non-hydrogen) atoms. The minimum Gasteiger partial charge on any atom is -0.336 e.